The normalized spacial score (nSPS) is 12.1. The van der Waals surface area contributed by atoms with Gasteiger partial charge >= 0.3 is 0 Å². The minimum Gasteiger partial charge on any atom is -0.218 e. The summed E-state index contributed by atoms with van der Waals surface area (Å²) in [5.74, 6) is 0. The number of fused-ring (bicyclic) bond motifs is 1. The standard InChI is InChI=1S/C20H15NO2S/c1-15-6-10-19(11-7-15)24(22,23)20(14-21)13-16-8-9-17-4-2-3-5-18(17)12-16/h2-13H,1H3. The molecule has 0 aliphatic rings. The lowest BCUT2D eigenvalue weighted by Crippen LogP contribution is -2.03. The van der Waals surface area contributed by atoms with Crippen molar-refractivity contribution in [3.8, 4) is 6.07 Å². The predicted molar refractivity (Wildman–Crippen MR) is 95.9 cm³/mol. The van der Waals surface area contributed by atoms with Crippen molar-refractivity contribution in [2.45, 2.75) is 11.8 Å². The van der Waals surface area contributed by atoms with Crippen molar-refractivity contribution < 1.29 is 8.42 Å². The molecule has 3 rings (SSSR count). The number of nitrogens with zero attached hydrogens (tertiary/aromatic N) is 1. The topological polar surface area (TPSA) is 57.9 Å². The molecule has 0 atom stereocenters. The lowest BCUT2D eigenvalue weighted by Gasteiger charge is -2.04. The van der Waals surface area contributed by atoms with Crippen molar-refractivity contribution in [1.29, 1.82) is 5.26 Å². The number of sulfone groups is 1. The highest BCUT2D eigenvalue weighted by molar-refractivity contribution is 7.95. The molecule has 0 aromatic heterocycles. The highest BCUT2D eigenvalue weighted by atomic mass is 32.2. The van der Waals surface area contributed by atoms with E-state index in [2.05, 4.69) is 0 Å². The molecule has 0 heterocycles. The van der Waals surface area contributed by atoms with Crippen molar-refractivity contribution in [3.05, 3.63) is 82.8 Å². The van der Waals surface area contributed by atoms with Gasteiger partial charge < -0.3 is 0 Å². The van der Waals surface area contributed by atoms with Gasteiger partial charge in [-0.3, -0.25) is 0 Å². The van der Waals surface area contributed by atoms with E-state index in [0.717, 1.165) is 16.3 Å². The molecule has 0 amide bonds. The van der Waals surface area contributed by atoms with Crippen molar-refractivity contribution >= 4 is 26.7 Å². The molecule has 0 unspecified atom stereocenters. The second-order valence-electron chi connectivity index (χ2n) is 5.54. The predicted octanol–water partition coefficient (Wildman–Crippen LogP) is 4.49. The molecule has 0 N–H and O–H groups in total. The fraction of sp³-hybridized carbons (Fsp3) is 0.0500. The molecule has 0 bridgehead atoms. The van der Waals surface area contributed by atoms with Gasteiger partial charge in [0.2, 0.25) is 9.84 Å². The van der Waals surface area contributed by atoms with E-state index in [9.17, 15) is 13.7 Å². The van der Waals surface area contributed by atoms with Gasteiger partial charge in [-0.1, -0.05) is 54.1 Å². The summed E-state index contributed by atoms with van der Waals surface area (Å²) in [4.78, 5) is -0.136. The van der Waals surface area contributed by atoms with Gasteiger partial charge in [0.15, 0.2) is 0 Å². The van der Waals surface area contributed by atoms with Crippen LogP contribution in [0.25, 0.3) is 16.8 Å². The summed E-state index contributed by atoms with van der Waals surface area (Å²) in [6, 6.07) is 21.7. The molecular formula is C20H15NO2S. The minimum atomic E-state index is -3.82. The van der Waals surface area contributed by atoms with Crippen LogP contribution in [0.4, 0.5) is 0 Å². The van der Waals surface area contributed by atoms with Crippen LogP contribution in [0.2, 0.25) is 0 Å². The van der Waals surface area contributed by atoms with E-state index in [0.29, 0.717) is 5.56 Å². The van der Waals surface area contributed by atoms with Crippen LogP contribution in [0, 0.1) is 18.3 Å². The lowest BCUT2D eigenvalue weighted by atomic mass is 10.1. The van der Waals surface area contributed by atoms with E-state index >= 15 is 0 Å². The molecular weight excluding hydrogens is 318 g/mol. The van der Waals surface area contributed by atoms with E-state index < -0.39 is 9.84 Å². The zero-order valence-electron chi connectivity index (χ0n) is 13.1. The Bertz CT molecular complexity index is 1070. The van der Waals surface area contributed by atoms with Gasteiger partial charge in [0.05, 0.1) is 4.90 Å². The van der Waals surface area contributed by atoms with Crippen molar-refractivity contribution in [1.82, 2.24) is 0 Å². The van der Waals surface area contributed by atoms with Gasteiger partial charge in [0, 0.05) is 0 Å². The molecule has 0 saturated heterocycles. The first-order chi connectivity index (χ1) is 11.5. The van der Waals surface area contributed by atoms with Gasteiger partial charge in [-0.25, -0.2) is 8.42 Å². The molecule has 118 valence electrons. The number of hydrogen-bond acceptors (Lipinski definition) is 3. The Morgan fingerprint density at radius 1 is 0.958 bits per heavy atom. The molecule has 0 saturated carbocycles. The van der Waals surface area contributed by atoms with E-state index in [1.807, 2.05) is 55.5 Å². The van der Waals surface area contributed by atoms with Crippen molar-refractivity contribution in [3.63, 3.8) is 0 Å². The first-order valence-corrected chi connectivity index (χ1v) is 8.91. The monoisotopic (exact) mass is 333 g/mol. The lowest BCUT2D eigenvalue weighted by molar-refractivity contribution is 0.603. The molecule has 3 aromatic rings. The largest absolute Gasteiger partial charge is 0.218 e. The molecule has 3 nitrogen and oxygen atoms in total. The third kappa shape index (κ3) is 3.08. The van der Waals surface area contributed by atoms with Crippen LogP contribution < -0.4 is 0 Å². The third-order valence-electron chi connectivity index (χ3n) is 3.80. The minimum absolute atomic E-state index is 0.127. The van der Waals surface area contributed by atoms with E-state index in [-0.39, 0.29) is 9.80 Å². The Labute approximate surface area is 141 Å². The number of nitriles is 1. The smallest absolute Gasteiger partial charge is 0.216 e. The van der Waals surface area contributed by atoms with E-state index in [1.165, 1.54) is 18.2 Å². The zero-order chi connectivity index (χ0) is 17.2. The second-order valence-corrected chi connectivity index (χ2v) is 7.46. The van der Waals surface area contributed by atoms with Gasteiger partial charge in [-0.2, -0.15) is 5.26 Å². The summed E-state index contributed by atoms with van der Waals surface area (Å²) in [5.41, 5.74) is 1.65. The van der Waals surface area contributed by atoms with Crippen molar-refractivity contribution in [2.75, 3.05) is 0 Å². The fourth-order valence-corrected chi connectivity index (χ4v) is 3.62. The summed E-state index contributed by atoms with van der Waals surface area (Å²) in [6.07, 6.45) is 1.42. The molecule has 0 fully saturated rings. The van der Waals surface area contributed by atoms with Crippen LogP contribution in [0.1, 0.15) is 11.1 Å². The summed E-state index contributed by atoms with van der Waals surface area (Å²) >= 11 is 0. The summed E-state index contributed by atoms with van der Waals surface area (Å²) in [5, 5.41) is 11.4. The summed E-state index contributed by atoms with van der Waals surface area (Å²) in [7, 11) is -3.82. The van der Waals surface area contributed by atoms with Crippen LogP contribution in [0.5, 0.6) is 0 Å². The molecule has 3 aromatic carbocycles. The fourth-order valence-electron chi connectivity index (χ4n) is 2.46. The van der Waals surface area contributed by atoms with Gasteiger partial charge in [-0.05, 0) is 47.5 Å². The Morgan fingerprint density at radius 3 is 2.29 bits per heavy atom. The number of aryl methyl sites for hydroxylation is 1. The van der Waals surface area contributed by atoms with E-state index in [1.54, 1.807) is 12.1 Å². The average molecular weight is 333 g/mol. The molecule has 24 heavy (non-hydrogen) atoms. The van der Waals surface area contributed by atoms with Crippen LogP contribution in [-0.2, 0) is 9.84 Å². The molecule has 0 radical (unpaired) electrons. The number of allylic oxidation sites excluding steroid dienone is 1. The number of hydrogen-bond donors (Lipinski definition) is 0. The van der Waals surface area contributed by atoms with Gasteiger partial charge in [0.25, 0.3) is 0 Å². The number of rotatable bonds is 3. The Hall–Kier alpha value is -2.90. The SMILES string of the molecule is Cc1ccc(S(=O)(=O)C(C#N)=Cc2ccc3ccccc3c2)cc1. The first-order valence-electron chi connectivity index (χ1n) is 7.43. The van der Waals surface area contributed by atoms with Crippen LogP contribution in [0.15, 0.2) is 76.5 Å². The summed E-state index contributed by atoms with van der Waals surface area (Å²) in [6.45, 7) is 1.88. The second kappa shape index (κ2) is 6.31. The van der Waals surface area contributed by atoms with Crippen LogP contribution >= 0.6 is 0 Å². The van der Waals surface area contributed by atoms with E-state index in [4.69, 9.17) is 0 Å². The molecule has 0 aliphatic carbocycles. The highest BCUT2D eigenvalue weighted by Crippen LogP contribution is 2.23. The Morgan fingerprint density at radius 2 is 1.62 bits per heavy atom. The first kappa shape index (κ1) is 16.0. The average Bonchev–Trinajstić information content (AvgIpc) is 2.59. The Balaban J connectivity index is 2.07. The van der Waals surface area contributed by atoms with Crippen LogP contribution in [0.3, 0.4) is 0 Å². The van der Waals surface area contributed by atoms with Gasteiger partial charge in [0.1, 0.15) is 11.0 Å². The number of benzene rings is 3. The highest BCUT2D eigenvalue weighted by Gasteiger charge is 2.20. The maximum atomic E-state index is 12.7. The zero-order valence-corrected chi connectivity index (χ0v) is 13.9. The molecule has 4 heteroatoms. The van der Waals surface area contributed by atoms with Gasteiger partial charge in [-0.15, -0.1) is 0 Å². The van der Waals surface area contributed by atoms with Crippen molar-refractivity contribution in [2.24, 2.45) is 0 Å². The maximum absolute atomic E-state index is 12.7. The third-order valence-corrected chi connectivity index (χ3v) is 5.48. The summed E-state index contributed by atoms with van der Waals surface area (Å²) < 4.78 is 25.3. The quantitative estimate of drug-likeness (QED) is 0.664. The molecule has 0 aliphatic heterocycles. The van der Waals surface area contributed by atoms with Crippen LogP contribution in [-0.4, -0.2) is 8.42 Å². The Kier molecular flexibility index (Phi) is 4.20. The molecule has 0 spiro atoms. The maximum Gasteiger partial charge on any atom is 0.216 e.